The molecule has 0 unspecified atom stereocenters. The smallest absolute Gasteiger partial charge is 0.184 e. The molecule has 5 aromatic rings. The van der Waals surface area contributed by atoms with E-state index in [2.05, 4.69) is 9.97 Å². The molecule has 0 radical (unpaired) electrons. The number of aromatic nitrogens is 4. The number of aryl methyl sites for hydroxylation is 4. The number of nitrogen functional groups attached to an aromatic ring is 1. The van der Waals surface area contributed by atoms with Crippen LogP contribution in [-0.4, -0.2) is 47.5 Å². The van der Waals surface area contributed by atoms with Gasteiger partial charge in [0.05, 0.1) is 40.6 Å². The van der Waals surface area contributed by atoms with E-state index in [0.29, 0.717) is 93.1 Å². The maximum Gasteiger partial charge on any atom is 0.184 e. The highest BCUT2D eigenvalue weighted by Crippen LogP contribution is 2.43. The van der Waals surface area contributed by atoms with E-state index >= 15 is 0 Å². The van der Waals surface area contributed by atoms with Gasteiger partial charge in [-0.3, -0.25) is 9.97 Å². The maximum absolute atomic E-state index is 11.2. The number of nitrogens with two attached hydrogens (primary N) is 1. The van der Waals surface area contributed by atoms with Crippen LogP contribution in [0.4, 0.5) is 5.69 Å². The van der Waals surface area contributed by atoms with Crippen LogP contribution < -0.4 is 10.5 Å². The van der Waals surface area contributed by atoms with Crippen molar-refractivity contribution in [1.29, 1.82) is 0 Å². The Balaban J connectivity index is 1.61. The summed E-state index contributed by atoms with van der Waals surface area (Å²) in [6, 6.07) is 18.0. The first-order valence-electron chi connectivity index (χ1n) is 13.9. The average molecular weight is 576 g/mol. The van der Waals surface area contributed by atoms with Gasteiger partial charge < -0.3 is 40.9 Å². The van der Waals surface area contributed by atoms with Crippen LogP contribution in [0.5, 0.6) is 28.7 Å². The Bertz CT molecular complexity index is 2060. The highest BCUT2D eigenvalue weighted by molar-refractivity contribution is 5.94. The molecular formula is C33H29N5O5. The molecule has 7 rings (SSSR count). The number of nitrogens with one attached hydrogen (secondary N) is 2. The molecule has 8 N–H and O–H groups in total. The highest BCUT2D eigenvalue weighted by atomic mass is 16.5. The zero-order valence-electron chi connectivity index (χ0n) is 23.3. The van der Waals surface area contributed by atoms with Crippen LogP contribution in [0, 0.1) is 0 Å². The second-order valence-corrected chi connectivity index (χ2v) is 10.7. The number of aromatic hydroxyl groups is 4. The van der Waals surface area contributed by atoms with E-state index in [0.717, 1.165) is 11.1 Å². The molecule has 0 saturated heterocycles. The Labute approximate surface area is 245 Å². The summed E-state index contributed by atoms with van der Waals surface area (Å²) in [6.07, 6.45) is 2.18. The van der Waals surface area contributed by atoms with Gasteiger partial charge in [-0.2, -0.15) is 0 Å². The van der Waals surface area contributed by atoms with E-state index in [1.165, 1.54) is 0 Å². The second kappa shape index (κ2) is 10.0. The predicted molar refractivity (Wildman–Crippen MR) is 164 cm³/mol. The van der Waals surface area contributed by atoms with Crippen LogP contribution in [0.2, 0.25) is 0 Å². The molecule has 216 valence electrons. The first-order chi connectivity index (χ1) is 20.8. The van der Waals surface area contributed by atoms with Crippen molar-refractivity contribution in [2.45, 2.75) is 25.7 Å². The number of methoxy groups -OCH3 is 1. The molecule has 2 aliphatic rings. The molecule has 8 bridgehead atoms. The van der Waals surface area contributed by atoms with Crippen molar-refractivity contribution in [3.8, 4) is 51.0 Å². The topological polar surface area (TPSA) is 174 Å². The van der Waals surface area contributed by atoms with E-state index < -0.39 is 0 Å². The number of nitrogens with zero attached hydrogens (tertiary/aromatic N) is 2. The van der Waals surface area contributed by atoms with Gasteiger partial charge in [0.15, 0.2) is 23.0 Å². The van der Waals surface area contributed by atoms with E-state index in [4.69, 9.17) is 20.4 Å². The molecule has 0 atom stereocenters. The minimum Gasteiger partial charge on any atom is -0.503 e. The molecule has 0 amide bonds. The quantitative estimate of drug-likeness (QED) is 0.136. The third-order valence-corrected chi connectivity index (χ3v) is 8.02. The zero-order chi connectivity index (χ0) is 29.8. The Hall–Kier alpha value is -5.64. The number of anilines is 1. The van der Waals surface area contributed by atoms with E-state index in [-0.39, 0.29) is 23.0 Å². The minimum atomic E-state index is -0.285. The van der Waals surface area contributed by atoms with Gasteiger partial charge in [0.1, 0.15) is 5.75 Å². The molecule has 10 heteroatoms. The SMILES string of the molecule is COc1ccc(-c2c3nc(cc4[nH]c(c(O)c4O)c(-c4ccc(N)cc4)c4nc(cc5[nH]c2c(O)c5O)CC4)CC3)cc1. The second-order valence-electron chi connectivity index (χ2n) is 10.7. The third-order valence-electron chi connectivity index (χ3n) is 8.02. The van der Waals surface area contributed by atoms with Gasteiger partial charge in [-0.05, 0) is 73.2 Å². The molecular weight excluding hydrogens is 546 g/mol. The summed E-state index contributed by atoms with van der Waals surface area (Å²) in [5.74, 6) is -0.456. The molecule has 5 heterocycles. The first-order valence-corrected chi connectivity index (χ1v) is 13.9. The van der Waals surface area contributed by atoms with Gasteiger partial charge in [0, 0.05) is 28.2 Å². The average Bonchev–Trinajstić information content (AvgIpc) is 3.78. The molecule has 3 aromatic heterocycles. The van der Waals surface area contributed by atoms with Crippen LogP contribution >= 0.6 is 0 Å². The number of H-pyrrole nitrogens is 2. The van der Waals surface area contributed by atoms with E-state index in [9.17, 15) is 20.4 Å². The molecule has 2 aliphatic heterocycles. The van der Waals surface area contributed by atoms with Gasteiger partial charge in [-0.15, -0.1) is 0 Å². The summed E-state index contributed by atoms with van der Waals surface area (Å²) in [7, 11) is 1.59. The summed E-state index contributed by atoms with van der Waals surface area (Å²) < 4.78 is 5.33. The molecule has 2 aromatic carbocycles. The summed E-state index contributed by atoms with van der Waals surface area (Å²) in [6.45, 7) is 0. The number of hydrogen-bond donors (Lipinski definition) is 7. The summed E-state index contributed by atoms with van der Waals surface area (Å²) >= 11 is 0. The number of hydrogen-bond acceptors (Lipinski definition) is 8. The summed E-state index contributed by atoms with van der Waals surface area (Å²) in [5.41, 5.74) is 13.3. The number of fused-ring (bicyclic) bond motifs is 8. The van der Waals surface area contributed by atoms with Crippen molar-refractivity contribution < 1.29 is 25.2 Å². The van der Waals surface area contributed by atoms with Crippen molar-refractivity contribution in [3.63, 3.8) is 0 Å². The Morgan fingerprint density at radius 1 is 0.628 bits per heavy atom. The fourth-order valence-electron chi connectivity index (χ4n) is 5.85. The first kappa shape index (κ1) is 26.3. The molecule has 10 nitrogen and oxygen atoms in total. The number of benzene rings is 2. The summed E-state index contributed by atoms with van der Waals surface area (Å²) in [4.78, 5) is 16.2. The van der Waals surface area contributed by atoms with Gasteiger partial charge in [0.2, 0.25) is 0 Å². The Morgan fingerprint density at radius 3 is 1.51 bits per heavy atom. The van der Waals surface area contributed by atoms with Gasteiger partial charge >= 0.3 is 0 Å². The minimum absolute atomic E-state index is 0.283. The maximum atomic E-state index is 11.2. The number of rotatable bonds is 3. The molecule has 43 heavy (non-hydrogen) atoms. The fraction of sp³-hybridized carbons (Fsp3) is 0.152. The monoisotopic (exact) mass is 575 g/mol. The van der Waals surface area contributed by atoms with Crippen molar-refractivity contribution in [2.75, 3.05) is 12.8 Å². The van der Waals surface area contributed by atoms with Crippen molar-refractivity contribution in [3.05, 3.63) is 83.4 Å². The van der Waals surface area contributed by atoms with Crippen LogP contribution in [-0.2, 0) is 25.7 Å². The predicted octanol–water partition coefficient (Wildman–Crippen LogP) is 5.63. The van der Waals surface area contributed by atoms with Crippen LogP contribution in [0.1, 0.15) is 22.8 Å². The molecule has 0 aliphatic carbocycles. The van der Waals surface area contributed by atoms with Crippen LogP contribution in [0.3, 0.4) is 0 Å². The number of ether oxygens (including phenoxy) is 1. The fourth-order valence-corrected chi connectivity index (χ4v) is 5.85. The largest absolute Gasteiger partial charge is 0.503 e. The Kier molecular flexibility index (Phi) is 6.12. The Morgan fingerprint density at radius 2 is 1.07 bits per heavy atom. The van der Waals surface area contributed by atoms with Gasteiger partial charge in [-0.25, -0.2) is 0 Å². The zero-order valence-corrected chi connectivity index (χ0v) is 23.3. The molecule has 0 saturated carbocycles. The van der Waals surface area contributed by atoms with Crippen molar-refractivity contribution in [2.24, 2.45) is 0 Å². The van der Waals surface area contributed by atoms with Crippen molar-refractivity contribution >= 4 is 27.8 Å². The standard InChI is InChI=1S/C33H29N5O5/c1-43-21-10-4-17(5-11-21)27-23-13-9-20(36-23)15-24-30(39)32(41)28(37-24)26(16-2-6-18(34)7-3-16)22-12-8-19(35-22)14-25-31(40)33(42)29(27)38-25/h2-7,10-11,14-15,37-42H,8-9,12-13,34H2,1H3. The summed E-state index contributed by atoms with van der Waals surface area (Å²) in [5, 5.41) is 44.3. The number of aromatic amines is 2. The normalized spacial score (nSPS) is 12.9. The van der Waals surface area contributed by atoms with Crippen LogP contribution in [0.25, 0.3) is 44.3 Å². The van der Waals surface area contributed by atoms with Crippen LogP contribution in [0.15, 0.2) is 60.7 Å². The molecule has 0 spiro atoms. The van der Waals surface area contributed by atoms with Gasteiger partial charge in [0.25, 0.3) is 0 Å². The highest BCUT2D eigenvalue weighted by Gasteiger charge is 2.23. The van der Waals surface area contributed by atoms with E-state index in [1.54, 1.807) is 31.4 Å². The third kappa shape index (κ3) is 4.44. The van der Waals surface area contributed by atoms with E-state index in [1.807, 2.05) is 36.4 Å². The molecule has 0 fully saturated rings. The van der Waals surface area contributed by atoms with Crippen molar-refractivity contribution in [1.82, 2.24) is 19.9 Å². The lowest BCUT2D eigenvalue weighted by molar-refractivity contribution is 0.414. The van der Waals surface area contributed by atoms with Gasteiger partial charge in [-0.1, -0.05) is 24.3 Å². The lowest BCUT2D eigenvalue weighted by Gasteiger charge is -2.06. The lowest BCUT2D eigenvalue weighted by atomic mass is 10.0. The lowest BCUT2D eigenvalue weighted by Crippen LogP contribution is -1.90.